The van der Waals surface area contributed by atoms with E-state index in [1.165, 1.54) is 43.0 Å². The first-order chi connectivity index (χ1) is 60.5. The largest absolute Gasteiger partial charge is 0.465 e. The zero-order valence-corrected chi connectivity index (χ0v) is 82.6. The van der Waals surface area contributed by atoms with Gasteiger partial charge in [-0.3, -0.25) is 28.2 Å². The van der Waals surface area contributed by atoms with Gasteiger partial charge in [-0.25, -0.2) is 29.9 Å². The Kier molecular flexibility index (Phi) is 44.1. The highest BCUT2D eigenvalue weighted by atomic mass is 79.9. The zero-order valence-electron chi connectivity index (χ0n) is 72.3. The number of aryl methyl sites for hydroxylation is 9. The maximum atomic E-state index is 12.0. The first-order valence-electron chi connectivity index (χ1n) is 40.3. The number of benzene rings is 6. The third-order valence-electron chi connectivity index (χ3n) is 18.2. The number of halogens is 6. The lowest BCUT2D eigenvalue weighted by Gasteiger charge is -2.15. The summed E-state index contributed by atoms with van der Waals surface area (Å²) in [6, 6.07) is 48.0. The van der Waals surface area contributed by atoms with E-state index in [0.717, 1.165) is 73.5 Å². The molecule has 0 amide bonds. The number of hydrogen-bond acceptors (Lipinski definition) is 28. The Morgan fingerprint density at radius 2 is 0.575 bits per heavy atom. The minimum Gasteiger partial charge on any atom is -0.465 e. The van der Waals surface area contributed by atoms with Gasteiger partial charge >= 0.3 is 29.8 Å². The van der Waals surface area contributed by atoms with Crippen LogP contribution in [0.1, 0.15) is 123 Å². The van der Waals surface area contributed by atoms with E-state index >= 15 is 0 Å². The zero-order chi connectivity index (χ0) is 92.9. The summed E-state index contributed by atoms with van der Waals surface area (Å²) in [5, 5.41) is 26.9. The van der Waals surface area contributed by atoms with E-state index in [1.807, 2.05) is 187 Å². The second-order valence-corrected chi connectivity index (χ2v) is 34.8. The van der Waals surface area contributed by atoms with Crippen LogP contribution in [0.3, 0.4) is 0 Å². The molecule has 35 heteroatoms. The minimum absolute atomic E-state index is 0.0130. The molecule has 12 rings (SSSR count). The summed E-state index contributed by atoms with van der Waals surface area (Å²) >= 11 is 20.2. The van der Waals surface area contributed by atoms with Crippen molar-refractivity contribution in [3.8, 4) is 67.5 Å². The molecule has 0 bridgehead atoms. The molecule has 0 unspecified atom stereocenters. The molecule has 0 atom stereocenters. The SMILES string of the molecule is CC(=O)OCC(CCc1nc(-c2ccc(C)cc2)c(Br)o1)COC(C)=O.CC(=O)OCCc1nc(-c2ccc(C)cc2)c(Br)o1.CCOC(=O)C(CCc1nc(-c2ccc(C)cc2)c(Br)o1)C(=O)OCC.Cc1ccc(-c2nc(CCC(CO)CO)oc2Br)cc1.Cc1ccc(-c2nc(CCO)oc2Br)cc1.Cc1ccc(-c2nc(CCOS(C)(=O)=O)oc2Br)cc1. The molecule has 0 aliphatic carbocycles. The van der Waals surface area contributed by atoms with Crippen molar-refractivity contribution in [1.29, 1.82) is 0 Å². The molecule has 0 aliphatic heterocycles. The Labute approximate surface area is 788 Å². The molecule has 0 radical (unpaired) electrons. The molecule has 6 aromatic heterocycles. The third kappa shape index (κ3) is 36.2. The quantitative estimate of drug-likeness (QED) is 0.0146. The van der Waals surface area contributed by atoms with E-state index in [0.29, 0.717) is 120 Å². The van der Waals surface area contributed by atoms with Gasteiger partial charge in [-0.15, -0.1) is 0 Å². The second kappa shape index (κ2) is 53.5. The van der Waals surface area contributed by atoms with Crippen LogP contribution in [0.25, 0.3) is 67.5 Å². The normalized spacial score (nSPS) is 11.0. The smallest absolute Gasteiger partial charge is 0.320 e. The molecule has 127 heavy (non-hydrogen) atoms. The van der Waals surface area contributed by atoms with Crippen molar-refractivity contribution in [1.82, 2.24) is 29.9 Å². The van der Waals surface area contributed by atoms with Crippen LogP contribution in [0, 0.1) is 59.3 Å². The van der Waals surface area contributed by atoms with Gasteiger partial charge < -0.3 is 65.5 Å². The molecule has 0 saturated heterocycles. The topological polar surface area (TPSA) is 392 Å². The van der Waals surface area contributed by atoms with Gasteiger partial charge in [0, 0.05) is 111 Å². The maximum Gasteiger partial charge on any atom is 0.320 e. The highest BCUT2D eigenvalue weighted by molar-refractivity contribution is 9.11. The van der Waals surface area contributed by atoms with Gasteiger partial charge in [0.05, 0.1) is 58.9 Å². The van der Waals surface area contributed by atoms with E-state index in [-0.39, 0.29) is 102 Å². The van der Waals surface area contributed by atoms with E-state index < -0.39 is 28.0 Å². The standard InChI is InChI=1S/2C19H22BrNO5.C15H18BrNO3.C14H14BrNO3.C13H14BrNO4S.C12H12BrNO2/c1-12-4-7-16(8-5-12)18-19(20)26-17(21-18)9-6-15(10-24-13(2)22)11-25-14(3)23;1-4-24-18(22)14(19(23)25-5-2)10-11-15-21-16(17(20)26-15)13-8-6-12(3)7-9-13;1-10-2-5-12(6-3-10)14-15(16)20-13(17-14)7-4-11(8-18)9-19;1-9-3-5-11(6-4-9)13-14(15)19-12(16-13)7-8-18-10(2)17;1-9-3-5-10(6-4-9)12-13(14)19-11(15-12)7-8-18-20(2,16)17;1-8-2-4-9(5-3-8)11-12(13)16-10(14-11)6-7-15/h4-5,7-8,15H,6,9-11H2,1-3H3;6-9,14H,4-5,10-11H2,1-3H3;2-3,5-6,11,18-19H,4,7-9H2,1H3;3-6H,7-8H2,1-2H3;3-6H,7-8H2,1-2H3;2-5,15H,6-7H2,1H3. The predicted molar refractivity (Wildman–Crippen MR) is 498 cm³/mol. The molecule has 0 aliphatic rings. The van der Waals surface area contributed by atoms with Crippen molar-refractivity contribution in [3.05, 3.63) is 242 Å². The van der Waals surface area contributed by atoms with E-state index in [9.17, 15) is 32.4 Å². The summed E-state index contributed by atoms with van der Waals surface area (Å²) in [4.78, 5) is 83.3. The van der Waals surface area contributed by atoms with Crippen LogP contribution in [0.4, 0.5) is 0 Å². The molecule has 3 N–H and O–H groups in total. The van der Waals surface area contributed by atoms with Crippen LogP contribution >= 0.6 is 95.6 Å². The first-order valence-corrected chi connectivity index (χ1v) is 46.9. The molecule has 0 saturated carbocycles. The molecule has 0 fully saturated rings. The number of ether oxygens (including phenoxy) is 5. The summed E-state index contributed by atoms with van der Waals surface area (Å²) in [6.07, 6.45) is 5.11. The lowest BCUT2D eigenvalue weighted by atomic mass is 10.0. The van der Waals surface area contributed by atoms with Gasteiger partial charge in [-0.2, -0.15) is 8.42 Å². The van der Waals surface area contributed by atoms with Gasteiger partial charge in [0.25, 0.3) is 10.1 Å². The van der Waals surface area contributed by atoms with Crippen LogP contribution in [0.15, 0.2) is 200 Å². The molecule has 680 valence electrons. The number of rotatable bonds is 34. The highest BCUT2D eigenvalue weighted by Gasteiger charge is 2.31. The average Bonchev–Trinajstić information content (AvgIpc) is 1.73. The number of oxazole rings is 6. The average molecular weight is 2160 g/mol. The number of aliphatic hydroxyl groups excluding tert-OH is 3. The summed E-state index contributed by atoms with van der Waals surface area (Å²) in [5.74, 6) is -0.284. The Hall–Kier alpha value is -9.40. The van der Waals surface area contributed by atoms with Gasteiger partial charge in [-0.05, 0) is 170 Å². The summed E-state index contributed by atoms with van der Waals surface area (Å²) in [5.41, 5.74) is 17.3. The van der Waals surface area contributed by atoms with Crippen LogP contribution in [-0.2, 0) is 100 Å². The summed E-state index contributed by atoms with van der Waals surface area (Å²) in [6.45, 7) is 20.7. The van der Waals surface area contributed by atoms with Crippen molar-refractivity contribution in [2.24, 2.45) is 17.8 Å². The summed E-state index contributed by atoms with van der Waals surface area (Å²) in [7, 11) is -3.44. The lowest BCUT2D eigenvalue weighted by molar-refractivity contribution is -0.162. The number of aromatic nitrogens is 6. The van der Waals surface area contributed by atoms with Crippen molar-refractivity contribution >= 4 is 136 Å². The number of esters is 5. The molecule has 12 aromatic rings. The fourth-order valence-corrected chi connectivity index (χ4v) is 14.8. The van der Waals surface area contributed by atoms with E-state index in [4.69, 9.17) is 65.5 Å². The maximum absolute atomic E-state index is 12.0. The second-order valence-electron chi connectivity index (χ2n) is 28.8. The van der Waals surface area contributed by atoms with Crippen LogP contribution < -0.4 is 0 Å². The van der Waals surface area contributed by atoms with Gasteiger partial charge in [-0.1, -0.05) is 179 Å². The number of hydrogen-bond donors (Lipinski definition) is 3. The Morgan fingerprint density at radius 3 is 0.811 bits per heavy atom. The molecular formula is C92H102Br6N6O22S. The highest BCUT2D eigenvalue weighted by Crippen LogP contribution is 2.36. The summed E-state index contributed by atoms with van der Waals surface area (Å²) < 4.78 is 87.9. The first kappa shape index (κ1) is 105. The molecule has 6 heterocycles. The van der Waals surface area contributed by atoms with E-state index in [1.54, 1.807) is 13.8 Å². The van der Waals surface area contributed by atoms with Crippen molar-refractivity contribution in [2.45, 2.75) is 134 Å². The van der Waals surface area contributed by atoms with E-state index in [2.05, 4.69) is 130 Å². The number of nitrogens with zero attached hydrogens (tertiary/aromatic N) is 6. The van der Waals surface area contributed by atoms with Gasteiger partial charge in [0.2, 0.25) is 0 Å². The predicted octanol–water partition coefficient (Wildman–Crippen LogP) is 20.5. The molecule has 0 spiro atoms. The van der Waals surface area contributed by atoms with Crippen LogP contribution in [0.2, 0.25) is 0 Å². The van der Waals surface area contributed by atoms with Crippen molar-refractivity contribution in [3.63, 3.8) is 0 Å². The third-order valence-corrected chi connectivity index (χ3v) is 22.0. The number of carbonyl (C=O) groups is 5. The van der Waals surface area contributed by atoms with Crippen LogP contribution in [-0.4, -0.2) is 149 Å². The fourth-order valence-electron chi connectivity index (χ4n) is 11.4. The lowest BCUT2D eigenvalue weighted by Crippen LogP contribution is -2.28. The van der Waals surface area contributed by atoms with Gasteiger partial charge in [0.1, 0.15) is 34.2 Å². The Bertz CT molecular complexity index is 5520. The fraction of sp³-hybridized carbons (Fsp3) is 0.359. The Balaban J connectivity index is 0.000000210. The Morgan fingerprint density at radius 1 is 0.339 bits per heavy atom. The van der Waals surface area contributed by atoms with Gasteiger partial charge in [0.15, 0.2) is 69.3 Å². The molecular weight excluding hydrogens is 2050 g/mol. The number of carbonyl (C=O) groups excluding carboxylic acids is 5. The monoisotopic (exact) mass is 2150 g/mol. The van der Waals surface area contributed by atoms with Crippen molar-refractivity contribution < 1.29 is 102 Å². The number of aliphatic hydroxyl groups is 3. The minimum atomic E-state index is -3.44. The molecule has 6 aromatic carbocycles. The van der Waals surface area contributed by atoms with Crippen LogP contribution in [0.5, 0.6) is 0 Å². The molecule has 28 nitrogen and oxygen atoms in total. The van der Waals surface area contributed by atoms with Crippen molar-refractivity contribution in [2.75, 3.05) is 65.7 Å².